The number of allylic oxidation sites excluding steroid dienone is 1. The van der Waals surface area contributed by atoms with Crippen LogP contribution in [0.25, 0.3) is 0 Å². The van der Waals surface area contributed by atoms with Gasteiger partial charge in [0.1, 0.15) is 0 Å². The number of hydrogen-bond acceptors (Lipinski definition) is 1. The first kappa shape index (κ1) is 11.3. The Hall–Kier alpha value is -1.24. The third-order valence-electron chi connectivity index (χ3n) is 3.47. The molecule has 16 heavy (non-hydrogen) atoms. The molecule has 0 spiro atoms. The Balaban J connectivity index is 2.19. The van der Waals surface area contributed by atoms with Crippen LogP contribution in [-0.4, -0.2) is 11.4 Å². The van der Waals surface area contributed by atoms with E-state index in [-0.39, 0.29) is 0 Å². The van der Waals surface area contributed by atoms with Crippen molar-refractivity contribution in [1.29, 1.82) is 0 Å². The van der Waals surface area contributed by atoms with Gasteiger partial charge in [0.2, 0.25) is 0 Å². The SMILES string of the molecule is C=C(C(C)C)N1CCCC1c1ccccc1. The molecular weight excluding hydrogens is 194 g/mol. The molecular formula is C15H21N. The van der Waals surface area contributed by atoms with E-state index in [1.54, 1.807) is 0 Å². The van der Waals surface area contributed by atoms with Gasteiger partial charge in [-0.2, -0.15) is 0 Å². The summed E-state index contributed by atoms with van der Waals surface area (Å²) in [6, 6.07) is 11.4. The average Bonchev–Trinajstić information content (AvgIpc) is 2.77. The first-order valence-corrected chi connectivity index (χ1v) is 6.20. The zero-order valence-corrected chi connectivity index (χ0v) is 10.3. The normalized spacial score (nSPS) is 20.4. The van der Waals surface area contributed by atoms with E-state index >= 15 is 0 Å². The van der Waals surface area contributed by atoms with Crippen LogP contribution in [0.4, 0.5) is 0 Å². The zero-order valence-electron chi connectivity index (χ0n) is 10.3. The second-order valence-electron chi connectivity index (χ2n) is 4.91. The molecule has 0 amide bonds. The van der Waals surface area contributed by atoms with E-state index in [0.717, 1.165) is 6.54 Å². The first-order valence-electron chi connectivity index (χ1n) is 6.20. The van der Waals surface area contributed by atoms with Gasteiger partial charge in [0, 0.05) is 12.2 Å². The minimum Gasteiger partial charge on any atom is -0.368 e. The molecule has 1 nitrogen and oxygen atoms in total. The lowest BCUT2D eigenvalue weighted by molar-refractivity contribution is 0.298. The number of likely N-dealkylation sites (tertiary alicyclic amines) is 1. The average molecular weight is 215 g/mol. The molecule has 1 atom stereocenters. The van der Waals surface area contributed by atoms with Crippen LogP contribution in [0.3, 0.4) is 0 Å². The van der Waals surface area contributed by atoms with E-state index in [4.69, 9.17) is 0 Å². The minimum atomic E-state index is 0.546. The molecule has 1 heteroatoms. The molecule has 2 rings (SSSR count). The molecule has 86 valence electrons. The number of nitrogens with zero attached hydrogens (tertiary/aromatic N) is 1. The molecule has 1 aromatic rings. The molecule has 0 saturated carbocycles. The quantitative estimate of drug-likeness (QED) is 0.737. The second-order valence-corrected chi connectivity index (χ2v) is 4.91. The standard InChI is InChI=1S/C15H21N/c1-12(2)13(3)16-11-7-10-15(16)14-8-5-4-6-9-14/h4-6,8-9,12,15H,3,7,10-11H2,1-2H3. The van der Waals surface area contributed by atoms with Gasteiger partial charge < -0.3 is 4.90 Å². The fourth-order valence-corrected chi connectivity index (χ4v) is 2.46. The monoisotopic (exact) mass is 215 g/mol. The van der Waals surface area contributed by atoms with E-state index in [0.29, 0.717) is 12.0 Å². The van der Waals surface area contributed by atoms with Crippen LogP contribution in [0.5, 0.6) is 0 Å². The van der Waals surface area contributed by atoms with Gasteiger partial charge in [-0.05, 0) is 24.3 Å². The Morgan fingerprint density at radius 3 is 2.62 bits per heavy atom. The Bertz CT molecular complexity index is 353. The van der Waals surface area contributed by atoms with Gasteiger partial charge >= 0.3 is 0 Å². The van der Waals surface area contributed by atoms with Crippen LogP contribution in [0.2, 0.25) is 0 Å². The van der Waals surface area contributed by atoms with Gasteiger partial charge in [-0.25, -0.2) is 0 Å². The molecule has 0 bridgehead atoms. The van der Waals surface area contributed by atoms with Crippen molar-refractivity contribution in [2.24, 2.45) is 5.92 Å². The van der Waals surface area contributed by atoms with Crippen molar-refractivity contribution in [3.05, 3.63) is 48.2 Å². The summed E-state index contributed by atoms with van der Waals surface area (Å²) in [7, 11) is 0. The van der Waals surface area contributed by atoms with Crippen molar-refractivity contribution in [3.63, 3.8) is 0 Å². The molecule has 0 aromatic heterocycles. The van der Waals surface area contributed by atoms with Crippen molar-refractivity contribution in [1.82, 2.24) is 4.90 Å². The number of benzene rings is 1. The predicted octanol–water partition coefficient (Wildman–Crippen LogP) is 3.99. The van der Waals surface area contributed by atoms with Crippen LogP contribution in [0.15, 0.2) is 42.6 Å². The lowest BCUT2D eigenvalue weighted by Gasteiger charge is -2.31. The maximum Gasteiger partial charge on any atom is 0.0540 e. The summed E-state index contributed by atoms with van der Waals surface area (Å²) in [4.78, 5) is 2.49. The minimum absolute atomic E-state index is 0.546. The first-order chi connectivity index (χ1) is 7.70. The highest BCUT2D eigenvalue weighted by Gasteiger charge is 2.27. The molecule has 1 heterocycles. The molecule has 1 aromatic carbocycles. The Morgan fingerprint density at radius 2 is 2.00 bits per heavy atom. The maximum atomic E-state index is 4.24. The summed E-state index contributed by atoms with van der Waals surface area (Å²) in [5.41, 5.74) is 2.72. The zero-order chi connectivity index (χ0) is 11.5. The van der Waals surface area contributed by atoms with Gasteiger partial charge in [-0.15, -0.1) is 0 Å². The molecule has 1 unspecified atom stereocenters. The van der Waals surface area contributed by atoms with Gasteiger partial charge in [0.25, 0.3) is 0 Å². The molecule has 1 aliphatic heterocycles. The fourth-order valence-electron chi connectivity index (χ4n) is 2.46. The highest BCUT2D eigenvalue weighted by atomic mass is 15.2. The van der Waals surface area contributed by atoms with Gasteiger partial charge in [-0.3, -0.25) is 0 Å². The second kappa shape index (κ2) is 4.73. The Labute approximate surface area is 98.8 Å². The molecule has 1 aliphatic rings. The summed E-state index contributed by atoms with van der Waals surface area (Å²) in [6.07, 6.45) is 2.54. The van der Waals surface area contributed by atoms with Crippen molar-refractivity contribution in [3.8, 4) is 0 Å². The van der Waals surface area contributed by atoms with Crippen molar-refractivity contribution < 1.29 is 0 Å². The van der Waals surface area contributed by atoms with Crippen LogP contribution in [-0.2, 0) is 0 Å². The summed E-state index contributed by atoms with van der Waals surface area (Å²) < 4.78 is 0. The molecule has 1 saturated heterocycles. The van der Waals surface area contributed by atoms with E-state index in [1.165, 1.54) is 24.1 Å². The molecule has 0 aliphatic carbocycles. The third kappa shape index (κ3) is 2.13. The number of rotatable bonds is 3. The number of hydrogen-bond donors (Lipinski definition) is 0. The fraction of sp³-hybridized carbons (Fsp3) is 0.467. The highest BCUT2D eigenvalue weighted by Crippen LogP contribution is 2.35. The van der Waals surface area contributed by atoms with E-state index < -0.39 is 0 Å². The van der Waals surface area contributed by atoms with Gasteiger partial charge in [-0.1, -0.05) is 50.8 Å². The van der Waals surface area contributed by atoms with Crippen molar-refractivity contribution in [2.45, 2.75) is 32.7 Å². The highest BCUT2D eigenvalue weighted by molar-refractivity contribution is 5.22. The summed E-state index contributed by atoms with van der Waals surface area (Å²) in [6.45, 7) is 9.85. The molecule has 1 fully saturated rings. The van der Waals surface area contributed by atoms with Crippen molar-refractivity contribution >= 4 is 0 Å². The van der Waals surface area contributed by atoms with Gasteiger partial charge in [0.05, 0.1) is 6.04 Å². The summed E-state index contributed by atoms with van der Waals surface area (Å²) in [5, 5.41) is 0. The Kier molecular flexibility index (Phi) is 3.33. The predicted molar refractivity (Wildman–Crippen MR) is 69.1 cm³/mol. The van der Waals surface area contributed by atoms with E-state index in [2.05, 4.69) is 55.7 Å². The lowest BCUT2D eigenvalue weighted by atomic mass is 10.0. The summed E-state index contributed by atoms with van der Waals surface area (Å²) >= 11 is 0. The molecule has 0 N–H and O–H groups in total. The Morgan fingerprint density at radius 1 is 1.31 bits per heavy atom. The van der Waals surface area contributed by atoms with Crippen LogP contribution in [0, 0.1) is 5.92 Å². The third-order valence-corrected chi connectivity index (χ3v) is 3.47. The van der Waals surface area contributed by atoms with Gasteiger partial charge in [0.15, 0.2) is 0 Å². The van der Waals surface area contributed by atoms with Crippen LogP contribution in [0.1, 0.15) is 38.3 Å². The topological polar surface area (TPSA) is 3.24 Å². The van der Waals surface area contributed by atoms with Crippen molar-refractivity contribution in [2.75, 3.05) is 6.54 Å². The molecule has 0 radical (unpaired) electrons. The van der Waals surface area contributed by atoms with E-state index in [9.17, 15) is 0 Å². The van der Waals surface area contributed by atoms with E-state index in [1.807, 2.05) is 0 Å². The lowest BCUT2D eigenvalue weighted by Crippen LogP contribution is -2.24. The maximum absolute atomic E-state index is 4.24. The summed E-state index contributed by atoms with van der Waals surface area (Å²) in [5.74, 6) is 0.546. The van der Waals surface area contributed by atoms with Crippen LogP contribution >= 0.6 is 0 Å². The largest absolute Gasteiger partial charge is 0.368 e. The van der Waals surface area contributed by atoms with Crippen LogP contribution < -0.4 is 0 Å². The smallest absolute Gasteiger partial charge is 0.0540 e.